The molecule has 5 aliphatic rings. The van der Waals surface area contributed by atoms with Gasteiger partial charge < -0.3 is 5.11 Å². The molecule has 0 heterocycles. The van der Waals surface area contributed by atoms with Gasteiger partial charge in [-0.05, 0) is 104 Å². The predicted octanol–water partition coefficient (Wildman–Crippen LogP) is 7.16. The zero-order valence-corrected chi connectivity index (χ0v) is 19.6. The predicted molar refractivity (Wildman–Crippen MR) is 121 cm³/mol. The van der Waals surface area contributed by atoms with Crippen molar-refractivity contribution < 1.29 is 5.11 Å². The Morgan fingerprint density at radius 3 is 2.55 bits per heavy atom. The summed E-state index contributed by atoms with van der Waals surface area (Å²) >= 11 is 0. The largest absolute Gasteiger partial charge is 0.393 e. The molecule has 5 aliphatic carbocycles. The fourth-order valence-electron chi connectivity index (χ4n) is 9.11. The topological polar surface area (TPSA) is 20.2 Å². The standard InChI is InChI=1S/C28H44O/c1-17(2)18(3)7-8-19(4)23-11-12-25-27(23,5)13-6-14-28(25)24-15-20-9-10-21(29)16-22(20)26(24)28/h7-8,17-19,21,23-26,29H,6,9-16H2,1-5H3/b8-7+/t18-,19+,21-,23+,24-,25+,26+,27+,28?/m0/s1. The van der Waals surface area contributed by atoms with Crippen LogP contribution in [-0.4, -0.2) is 11.2 Å². The number of aliphatic hydroxyl groups excluding tert-OH is 1. The Balaban J connectivity index is 1.36. The van der Waals surface area contributed by atoms with E-state index in [9.17, 15) is 5.11 Å². The summed E-state index contributed by atoms with van der Waals surface area (Å²) in [7, 11) is 0. The van der Waals surface area contributed by atoms with Gasteiger partial charge in [-0.2, -0.15) is 0 Å². The lowest BCUT2D eigenvalue weighted by molar-refractivity contribution is 0.0117. The van der Waals surface area contributed by atoms with Crippen LogP contribution in [0, 0.1) is 52.3 Å². The third-order valence-electron chi connectivity index (χ3n) is 10.9. The molecule has 162 valence electrons. The van der Waals surface area contributed by atoms with Gasteiger partial charge in [-0.3, -0.25) is 0 Å². The molecule has 0 aromatic rings. The molecule has 5 rings (SSSR count). The zero-order chi connectivity index (χ0) is 20.6. The molecule has 1 spiro atoms. The molecule has 0 saturated heterocycles. The Kier molecular flexibility index (Phi) is 4.89. The Bertz CT molecular complexity index is 716. The summed E-state index contributed by atoms with van der Waals surface area (Å²) in [6.45, 7) is 12.3. The minimum atomic E-state index is -0.0513. The maximum absolute atomic E-state index is 10.3. The van der Waals surface area contributed by atoms with Crippen LogP contribution in [0.1, 0.15) is 92.4 Å². The fourth-order valence-corrected chi connectivity index (χ4v) is 9.11. The fraction of sp³-hybridized carbons (Fsp3) is 0.857. The van der Waals surface area contributed by atoms with Gasteiger partial charge >= 0.3 is 0 Å². The van der Waals surface area contributed by atoms with Crippen LogP contribution in [-0.2, 0) is 0 Å². The van der Waals surface area contributed by atoms with Crippen molar-refractivity contribution in [1.29, 1.82) is 0 Å². The molecule has 0 aromatic carbocycles. The third kappa shape index (κ3) is 2.89. The Hall–Kier alpha value is -0.560. The number of aliphatic hydroxyl groups is 1. The summed E-state index contributed by atoms with van der Waals surface area (Å²) in [6, 6.07) is 0. The first-order chi connectivity index (χ1) is 13.8. The van der Waals surface area contributed by atoms with Crippen molar-refractivity contribution in [3.8, 4) is 0 Å². The van der Waals surface area contributed by atoms with E-state index in [1.165, 1.54) is 44.9 Å². The smallest absolute Gasteiger partial charge is 0.0580 e. The first kappa shape index (κ1) is 20.3. The number of hydrogen-bond donors (Lipinski definition) is 1. The van der Waals surface area contributed by atoms with Gasteiger partial charge in [0.15, 0.2) is 0 Å². The molecular formula is C28H44O. The molecule has 0 aliphatic heterocycles. The maximum atomic E-state index is 10.3. The van der Waals surface area contributed by atoms with Crippen molar-refractivity contribution in [1.82, 2.24) is 0 Å². The van der Waals surface area contributed by atoms with Crippen LogP contribution >= 0.6 is 0 Å². The molecule has 9 atom stereocenters. The van der Waals surface area contributed by atoms with Crippen LogP contribution < -0.4 is 0 Å². The van der Waals surface area contributed by atoms with Crippen molar-refractivity contribution in [3.05, 3.63) is 23.3 Å². The highest BCUT2D eigenvalue weighted by atomic mass is 16.3. The Labute approximate surface area is 179 Å². The summed E-state index contributed by atoms with van der Waals surface area (Å²) in [5.41, 5.74) is 4.70. The van der Waals surface area contributed by atoms with Crippen LogP contribution in [0.5, 0.6) is 0 Å². The summed E-state index contributed by atoms with van der Waals surface area (Å²) in [5.74, 6) is 5.76. The molecule has 1 nitrogen and oxygen atoms in total. The highest BCUT2D eigenvalue weighted by Crippen LogP contribution is 2.82. The molecule has 0 aromatic heterocycles. The zero-order valence-electron chi connectivity index (χ0n) is 19.6. The number of fused-ring (bicyclic) bond motifs is 6. The van der Waals surface area contributed by atoms with Gasteiger partial charge in [0.05, 0.1) is 6.10 Å². The molecular weight excluding hydrogens is 352 g/mol. The molecule has 1 unspecified atom stereocenters. The third-order valence-corrected chi connectivity index (χ3v) is 10.9. The lowest BCUT2D eigenvalue weighted by Gasteiger charge is -2.49. The van der Waals surface area contributed by atoms with Gasteiger partial charge in [-0.25, -0.2) is 0 Å². The second-order valence-electron chi connectivity index (χ2n) is 12.4. The van der Waals surface area contributed by atoms with Crippen LogP contribution in [0.25, 0.3) is 0 Å². The highest BCUT2D eigenvalue weighted by molar-refractivity contribution is 5.42. The summed E-state index contributed by atoms with van der Waals surface area (Å²) in [6.07, 6.45) is 17.0. The van der Waals surface area contributed by atoms with E-state index in [0.29, 0.717) is 22.7 Å². The van der Waals surface area contributed by atoms with E-state index in [0.717, 1.165) is 42.4 Å². The van der Waals surface area contributed by atoms with Gasteiger partial charge in [0, 0.05) is 0 Å². The second kappa shape index (κ2) is 6.98. The van der Waals surface area contributed by atoms with Crippen molar-refractivity contribution in [3.63, 3.8) is 0 Å². The van der Waals surface area contributed by atoms with E-state index in [1.807, 2.05) is 0 Å². The van der Waals surface area contributed by atoms with Crippen LogP contribution in [0.2, 0.25) is 0 Å². The second-order valence-corrected chi connectivity index (χ2v) is 12.4. The minimum absolute atomic E-state index is 0.0513. The molecule has 1 N–H and O–H groups in total. The molecule has 29 heavy (non-hydrogen) atoms. The minimum Gasteiger partial charge on any atom is -0.393 e. The van der Waals surface area contributed by atoms with Crippen LogP contribution in [0.3, 0.4) is 0 Å². The van der Waals surface area contributed by atoms with E-state index >= 15 is 0 Å². The average Bonchev–Trinajstić information content (AvgIpc) is 2.97. The first-order valence-electron chi connectivity index (χ1n) is 12.9. The van der Waals surface area contributed by atoms with Crippen molar-refractivity contribution in [2.45, 2.75) is 98.5 Å². The first-order valence-corrected chi connectivity index (χ1v) is 12.9. The molecule has 0 bridgehead atoms. The monoisotopic (exact) mass is 396 g/mol. The highest BCUT2D eigenvalue weighted by Gasteiger charge is 2.75. The SMILES string of the molecule is CC(C)[C@@H](C)/C=C/[C@@H](C)[C@H]1CC[C@H]2C3(CCC[C@]12C)[C@@H]1C2=C(CC[C@H](O)C2)C[C@@H]13. The van der Waals surface area contributed by atoms with E-state index in [1.54, 1.807) is 11.1 Å². The van der Waals surface area contributed by atoms with E-state index in [-0.39, 0.29) is 6.10 Å². The summed E-state index contributed by atoms with van der Waals surface area (Å²) in [4.78, 5) is 0. The van der Waals surface area contributed by atoms with Gasteiger partial charge in [-0.15, -0.1) is 0 Å². The maximum Gasteiger partial charge on any atom is 0.0580 e. The molecule has 3 fully saturated rings. The molecule has 3 saturated carbocycles. The Morgan fingerprint density at radius 2 is 1.79 bits per heavy atom. The average molecular weight is 397 g/mol. The molecule has 0 amide bonds. The molecule has 0 radical (unpaired) electrons. The lowest BCUT2D eigenvalue weighted by Crippen LogP contribution is -2.41. The van der Waals surface area contributed by atoms with Gasteiger partial charge in [0.2, 0.25) is 0 Å². The van der Waals surface area contributed by atoms with Crippen molar-refractivity contribution in [2.24, 2.45) is 52.3 Å². The molecule has 1 heteroatoms. The number of rotatable bonds is 4. The lowest BCUT2D eigenvalue weighted by atomic mass is 9.56. The van der Waals surface area contributed by atoms with Gasteiger partial charge in [0.25, 0.3) is 0 Å². The van der Waals surface area contributed by atoms with Gasteiger partial charge in [0.1, 0.15) is 0 Å². The van der Waals surface area contributed by atoms with Crippen molar-refractivity contribution >= 4 is 0 Å². The quantitative estimate of drug-likeness (QED) is 0.500. The van der Waals surface area contributed by atoms with Crippen molar-refractivity contribution in [2.75, 3.05) is 0 Å². The van der Waals surface area contributed by atoms with E-state index in [2.05, 4.69) is 46.8 Å². The number of allylic oxidation sites excluding steroid dienone is 3. The van der Waals surface area contributed by atoms with Gasteiger partial charge in [-0.1, -0.05) is 64.3 Å². The van der Waals surface area contributed by atoms with E-state index in [4.69, 9.17) is 0 Å². The summed E-state index contributed by atoms with van der Waals surface area (Å²) in [5, 5.41) is 10.3. The van der Waals surface area contributed by atoms with Crippen LogP contribution in [0.15, 0.2) is 23.3 Å². The number of hydrogen-bond acceptors (Lipinski definition) is 1. The normalized spacial score (nSPS) is 48.2. The summed E-state index contributed by atoms with van der Waals surface area (Å²) < 4.78 is 0. The van der Waals surface area contributed by atoms with E-state index < -0.39 is 0 Å². The Morgan fingerprint density at radius 1 is 1.00 bits per heavy atom. The van der Waals surface area contributed by atoms with Crippen LogP contribution in [0.4, 0.5) is 0 Å².